The first-order chi connectivity index (χ1) is 24.9. The molecule has 5 rings (SSSR count). The van der Waals surface area contributed by atoms with Crippen molar-refractivity contribution in [3.05, 3.63) is 117 Å². The van der Waals surface area contributed by atoms with Gasteiger partial charge in [-0.3, -0.25) is 20.5 Å². The van der Waals surface area contributed by atoms with Crippen LogP contribution in [0.25, 0.3) is 11.1 Å². The van der Waals surface area contributed by atoms with E-state index in [0.717, 1.165) is 67.1 Å². The van der Waals surface area contributed by atoms with E-state index in [1.807, 2.05) is 35.9 Å². The van der Waals surface area contributed by atoms with E-state index in [1.165, 1.54) is 36.0 Å². The molecule has 13 heteroatoms. The molecule has 0 bridgehead atoms. The Bertz CT molecular complexity index is 1890. The number of fused-ring (bicyclic) bond motifs is 1. The molecule has 52 heavy (non-hydrogen) atoms. The SMILES string of the molecule is CCN(CC)CCN(C)CC(=N)N(Cc1ccc(-c2ccc(C(F)(F)F)cc2)cc1)C(=N)Cn1c(SCc2ccc(F)cc2)nc(=O)c2c1CCC2. The summed E-state index contributed by atoms with van der Waals surface area (Å²) in [7, 11) is 1.96. The standard InChI is InChI=1S/C39H45F4N7OS/c1-4-48(5-2)22-21-47(3)24-35(44)50(23-27-9-13-29(14-10-27)30-15-17-31(18-16-30)39(41,42)43)36(45)25-49-34-8-6-7-33(34)37(51)46-38(49)52-26-28-11-19-32(40)20-12-28/h9-20,44-45H,4-8,21-26H2,1-3H3. The lowest BCUT2D eigenvalue weighted by Crippen LogP contribution is -2.44. The van der Waals surface area contributed by atoms with Crippen LogP contribution in [-0.2, 0) is 37.9 Å². The van der Waals surface area contributed by atoms with Gasteiger partial charge in [-0.15, -0.1) is 0 Å². The van der Waals surface area contributed by atoms with Crippen LogP contribution in [0.15, 0.2) is 82.7 Å². The molecule has 0 aliphatic heterocycles. The molecule has 0 saturated heterocycles. The van der Waals surface area contributed by atoms with E-state index in [4.69, 9.17) is 0 Å². The third-order valence-electron chi connectivity index (χ3n) is 9.39. The van der Waals surface area contributed by atoms with Crippen molar-refractivity contribution < 1.29 is 17.6 Å². The number of benzene rings is 3. The highest BCUT2D eigenvalue weighted by Crippen LogP contribution is 2.31. The Labute approximate surface area is 306 Å². The van der Waals surface area contributed by atoms with Crippen LogP contribution in [0.2, 0.25) is 0 Å². The minimum absolute atomic E-state index is 0.0938. The molecule has 3 aromatic carbocycles. The molecule has 0 fully saturated rings. The maximum absolute atomic E-state index is 13.5. The fraction of sp³-hybridized carbons (Fsp3) is 0.385. The molecule has 0 spiro atoms. The summed E-state index contributed by atoms with van der Waals surface area (Å²) in [4.78, 5) is 23.5. The van der Waals surface area contributed by atoms with Crippen molar-refractivity contribution in [2.45, 2.75) is 63.3 Å². The van der Waals surface area contributed by atoms with Crippen LogP contribution in [0.4, 0.5) is 17.6 Å². The van der Waals surface area contributed by atoms with E-state index >= 15 is 0 Å². The van der Waals surface area contributed by atoms with Gasteiger partial charge >= 0.3 is 6.18 Å². The average Bonchev–Trinajstić information content (AvgIpc) is 3.63. The second-order valence-electron chi connectivity index (χ2n) is 13.0. The quantitative estimate of drug-likeness (QED) is 0.0430. The average molecular weight is 736 g/mol. The summed E-state index contributed by atoms with van der Waals surface area (Å²) < 4.78 is 54.8. The van der Waals surface area contributed by atoms with Gasteiger partial charge in [-0.2, -0.15) is 18.2 Å². The second kappa shape index (κ2) is 17.5. The van der Waals surface area contributed by atoms with Crippen LogP contribution in [0, 0.1) is 16.6 Å². The number of hydrogen-bond acceptors (Lipinski definition) is 7. The van der Waals surface area contributed by atoms with Crippen LogP contribution < -0.4 is 5.56 Å². The van der Waals surface area contributed by atoms with Crippen molar-refractivity contribution in [2.75, 3.05) is 39.8 Å². The maximum atomic E-state index is 13.5. The Morgan fingerprint density at radius 3 is 2.10 bits per heavy atom. The normalized spacial score (nSPS) is 12.8. The Morgan fingerprint density at radius 2 is 1.48 bits per heavy atom. The first-order valence-electron chi connectivity index (χ1n) is 17.5. The van der Waals surface area contributed by atoms with Gasteiger partial charge in [0.15, 0.2) is 5.16 Å². The highest BCUT2D eigenvalue weighted by molar-refractivity contribution is 7.98. The Hall–Kier alpha value is -4.33. The van der Waals surface area contributed by atoms with Gasteiger partial charge in [-0.1, -0.05) is 74.1 Å². The first-order valence-corrected chi connectivity index (χ1v) is 18.4. The van der Waals surface area contributed by atoms with E-state index in [-0.39, 0.29) is 36.1 Å². The number of aromatic nitrogens is 2. The molecule has 1 heterocycles. The largest absolute Gasteiger partial charge is 0.416 e. The number of amidine groups is 2. The highest BCUT2D eigenvalue weighted by atomic mass is 32.2. The number of nitrogens with zero attached hydrogens (tertiary/aromatic N) is 5. The van der Waals surface area contributed by atoms with Crippen molar-refractivity contribution in [3.8, 4) is 11.1 Å². The lowest BCUT2D eigenvalue weighted by atomic mass is 10.0. The Morgan fingerprint density at radius 1 is 0.865 bits per heavy atom. The number of hydrogen-bond donors (Lipinski definition) is 2. The summed E-state index contributed by atoms with van der Waals surface area (Å²) in [6, 6.07) is 18.6. The summed E-state index contributed by atoms with van der Waals surface area (Å²) in [6.07, 6.45) is -2.29. The minimum Gasteiger partial charge on any atom is -0.317 e. The Balaban J connectivity index is 1.40. The molecule has 8 nitrogen and oxygen atoms in total. The predicted octanol–water partition coefficient (Wildman–Crippen LogP) is 7.58. The molecule has 0 saturated carbocycles. The molecular weight excluding hydrogens is 691 g/mol. The zero-order chi connectivity index (χ0) is 37.4. The lowest BCUT2D eigenvalue weighted by molar-refractivity contribution is -0.137. The molecule has 1 aliphatic carbocycles. The molecule has 1 aromatic heterocycles. The topological polar surface area (TPSA) is 92.3 Å². The number of nitrogens with one attached hydrogen (secondary N) is 2. The second-order valence-corrected chi connectivity index (χ2v) is 13.9. The van der Waals surface area contributed by atoms with Crippen molar-refractivity contribution in [1.29, 1.82) is 10.8 Å². The van der Waals surface area contributed by atoms with E-state index < -0.39 is 11.7 Å². The predicted molar refractivity (Wildman–Crippen MR) is 200 cm³/mol. The van der Waals surface area contributed by atoms with E-state index in [9.17, 15) is 33.2 Å². The molecule has 4 aromatic rings. The van der Waals surface area contributed by atoms with Crippen LogP contribution in [0.1, 0.15) is 48.2 Å². The summed E-state index contributed by atoms with van der Waals surface area (Å²) in [5, 5.41) is 19.1. The maximum Gasteiger partial charge on any atom is 0.416 e. The minimum atomic E-state index is -4.41. The fourth-order valence-corrected chi connectivity index (χ4v) is 7.25. The lowest BCUT2D eigenvalue weighted by Gasteiger charge is -2.30. The van der Waals surface area contributed by atoms with Crippen molar-refractivity contribution in [3.63, 3.8) is 0 Å². The monoisotopic (exact) mass is 735 g/mol. The van der Waals surface area contributed by atoms with Gasteiger partial charge < -0.3 is 14.4 Å². The van der Waals surface area contributed by atoms with Crippen molar-refractivity contribution in [1.82, 2.24) is 24.3 Å². The summed E-state index contributed by atoms with van der Waals surface area (Å²) >= 11 is 1.36. The van der Waals surface area contributed by atoms with E-state index in [2.05, 4.69) is 28.6 Å². The third-order valence-corrected chi connectivity index (χ3v) is 10.4. The smallest absolute Gasteiger partial charge is 0.317 e. The Kier molecular flexibility index (Phi) is 13.1. The number of likely N-dealkylation sites (N-methyl/N-ethyl adjacent to an activating group) is 2. The summed E-state index contributed by atoms with van der Waals surface area (Å²) in [5.74, 6) is 0.536. The van der Waals surface area contributed by atoms with Crippen LogP contribution >= 0.6 is 11.8 Å². The molecule has 1 aliphatic rings. The number of rotatable bonds is 15. The van der Waals surface area contributed by atoms with E-state index in [0.29, 0.717) is 41.4 Å². The zero-order valence-corrected chi connectivity index (χ0v) is 30.6. The molecular formula is C39H45F4N7OS. The van der Waals surface area contributed by atoms with Gasteiger partial charge in [0.25, 0.3) is 5.56 Å². The van der Waals surface area contributed by atoms with Crippen molar-refractivity contribution in [2.24, 2.45) is 0 Å². The molecule has 0 radical (unpaired) electrons. The van der Waals surface area contributed by atoms with Crippen LogP contribution in [-0.4, -0.2) is 75.7 Å². The summed E-state index contributed by atoms with van der Waals surface area (Å²) in [5.41, 5.74) is 3.65. The van der Waals surface area contributed by atoms with Crippen LogP contribution in [0.3, 0.4) is 0 Å². The number of alkyl halides is 3. The fourth-order valence-electron chi connectivity index (χ4n) is 6.29. The molecule has 0 amide bonds. The van der Waals surface area contributed by atoms with Crippen molar-refractivity contribution >= 4 is 23.4 Å². The third kappa shape index (κ3) is 9.96. The molecule has 2 N–H and O–H groups in total. The van der Waals surface area contributed by atoms with Gasteiger partial charge in [-0.05, 0) is 85.9 Å². The van der Waals surface area contributed by atoms with Gasteiger partial charge in [0.05, 0.1) is 25.2 Å². The van der Waals surface area contributed by atoms with Gasteiger partial charge in [0.2, 0.25) is 0 Å². The molecule has 276 valence electrons. The summed E-state index contributed by atoms with van der Waals surface area (Å²) in [6.45, 7) is 8.32. The molecule has 0 atom stereocenters. The van der Waals surface area contributed by atoms with E-state index in [1.54, 1.807) is 17.0 Å². The van der Waals surface area contributed by atoms with Gasteiger partial charge in [0.1, 0.15) is 17.5 Å². The number of halogens is 4. The number of thioether (sulfide) groups is 1. The highest BCUT2D eigenvalue weighted by Gasteiger charge is 2.30. The van der Waals surface area contributed by atoms with Gasteiger partial charge in [0, 0.05) is 30.1 Å². The first kappa shape index (κ1) is 38.9. The van der Waals surface area contributed by atoms with Gasteiger partial charge in [-0.25, -0.2) is 4.39 Å². The zero-order valence-electron chi connectivity index (χ0n) is 29.8. The molecule has 0 unspecified atom stereocenters. The van der Waals surface area contributed by atoms with Crippen LogP contribution in [0.5, 0.6) is 0 Å².